The predicted octanol–water partition coefficient (Wildman–Crippen LogP) is 0.612. The first-order chi connectivity index (χ1) is 8.52. The van der Waals surface area contributed by atoms with Gasteiger partial charge in [0.15, 0.2) is 0 Å². The topological polar surface area (TPSA) is 43.8 Å². The molecule has 1 rings (SSSR count). The van der Waals surface area contributed by atoms with E-state index < -0.39 is 0 Å². The molecule has 1 aromatic rings. The van der Waals surface area contributed by atoms with Gasteiger partial charge in [0, 0.05) is 36.5 Å². The minimum absolute atomic E-state index is 0.0920. The summed E-state index contributed by atoms with van der Waals surface area (Å²) >= 11 is 1.61. The molecule has 1 aromatic heterocycles. The largest absolute Gasteiger partial charge is 0.384 e. The maximum atomic E-state index is 11.5. The standard InChI is InChI=1S/C13H18N2O2S/c1-14(2)13(17)9-15(3)8-12-7-11(10-18-12)5-4-6-16/h7,10,16H,6,8-9H2,1-3H3. The lowest BCUT2D eigenvalue weighted by molar-refractivity contribution is -0.129. The number of carbonyl (C=O) groups excluding carboxylic acids is 1. The molecule has 1 N–H and O–H groups in total. The summed E-state index contributed by atoms with van der Waals surface area (Å²) in [4.78, 5) is 16.2. The molecule has 18 heavy (non-hydrogen) atoms. The van der Waals surface area contributed by atoms with Crippen LogP contribution in [0.25, 0.3) is 0 Å². The van der Waals surface area contributed by atoms with Gasteiger partial charge in [-0.05, 0) is 13.1 Å². The Balaban J connectivity index is 2.52. The van der Waals surface area contributed by atoms with Crippen molar-refractivity contribution >= 4 is 17.2 Å². The SMILES string of the molecule is CN(CC(=O)N(C)C)Cc1cc(C#CCO)cs1. The van der Waals surface area contributed by atoms with E-state index in [2.05, 4.69) is 11.8 Å². The van der Waals surface area contributed by atoms with Crippen LogP contribution >= 0.6 is 11.3 Å². The van der Waals surface area contributed by atoms with Crippen molar-refractivity contribution in [1.82, 2.24) is 9.80 Å². The van der Waals surface area contributed by atoms with Gasteiger partial charge >= 0.3 is 0 Å². The highest BCUT2D eigenvalue weighted by Gasteiger charge is 2.09. The van der Waals surface area contributed by atoms with Crippen molar-refractivity contribution in [3.05, 3.63) is 21.9 Å². The Hall–Kier alpha value is -1.35. The van der Waals surface area contributed by atoms with Crippen molar-refractivity contribution in [1.29, 1.82) is 0 Å². The summed E-state index contributed by atoms with van der Waals surface area (Å²) < 4.78 is 0. The number of aliphatic hydroxyl groups is 1. The Morgan fingerprint density at radius 2 is 2.17 bits per heavy atom. The zero-order chi connectivity index (χ0) is 13.5. The summed E-state index contributed by atoms with van der Waals surface area (Å²) in [5, 5.41) is 10.6. The number of aliphatic hydroxyl groups excluding tert-OH is 1. The van der Waals surface area contributed by atoms with Crippen LogP contribution in [0.2, 0.25) is 0 Å². The minimum Gasteiger partial charge on any atom is -0.384 e. The summed E-state index contributed by atoms with van der Waals surface area (Å²) in [7, 11) is 5.42. The highest BCUT2D eigenvalue weighted by Crippen LogP contribution is 2.15. The second kappa shape index (κ2) is 7.17. The van der Waals surface area contributed by atoms with Crippen LogP contribution in [0.1, 0.15) is 10.4 Å². The maximum absolute atomic E-state index is 11.5. The van der Waals surface area contributed by atoms with Gasteiger partial charge in [-0.2, -0.15) is 0 Å². The summed E-state index contributed by atoms with van der Waals surface area (Å²) in [5.74, 6) is 5.57. The van der Waals surface area contributed by atoms with Gasteiger partial charge in [-0.15, -0.1) is 11.3 Å². The van der Waals surface area contributed by atoms with Gasteiger partial charge < -0.3 is 10.0 Å². The zero-order valence-corrected chi connectivity index (χ0v) is 11.8. The molecule has 5 heteroatoms. The van der Waals surface area contributed by atoms with E-state index in [-0.39, 0.29) is 12.5 Å². The average molecular weight is 266 g/mol. The molecular formula is C13H18N2O2S. The monoisotopic (exact) mass is 266 g/mol. The second-order valence-electron chi connectivity index (χ2n) is 4.22. The molecule has 0 fully saturated rings. The fraction of sp³-hybridized carbons (Fsp3) is 0.462. The van der Waals surface area contributed by atoms with Crippen molar-refractivity contribution < 1.29 is 9.90 Å². The number of nitrogens with zero attached hydrogens (tertiary/aromatic N) is 2. The van der Waals surface area contributed by atoms with Gasteiger partial charge in [0.2, 0.25) is 5.91 Å². The van der Waals surface area contributed by atoms with Crippen molar-refractivity contribution in [2.45, 2.75) is 6.54 Å². The molecule has 0 spiro atoms. The van der Waals surface area contributed by atoms with E-state index in [1.807, 2.05) is 23.4 Å². The van der Waals surface area contributed by atoms with Gasteiger partial charge in [0.1, 0.15) is 6.61 Å². The Morgan fingerprint density at radius 1 is 1.44 bits per heavy atom. The van der Waals surface area contributed by atoms with E-state index in [9.17, 15) is 4.79 Å². The smallest absolute Gasteiger partial charge is 0.236 e. The van der Waals surface area contributed by atoms with Crippen molar-refractivity contribution in [2.24, 2.45) is 0 Å². The van der Waals surface area contributed by atoms with E-state index >= 15 is 0 Å². The molecule has 0 unspecified atom stereocenters. The van der Waals surface area contributed by atoms with E-state index in [0.717, 1.165) is 17.0 Å². The maximum Gasteiger partial charge on any atom is 0.236 e. The molecule has 1 amide bonds. The second-order valence-corrected chi connectivity index (χ2v) is 5.22. The Kier molecular flexibility index (Phi) is 5.86. The Labute approximate surface area is 112 Å². The average Bonchev–Trinajstić information content (AvgIpc) is 2.73. The third-order valence-corrected chi connectivity index (χ3v) is 3.22. The Bertz CT molecular complexity index is 457. The van der Waals surface area contributed by atoms with Crippen LogP contribution in [0.3, 0.4) is 0 Å². The third-order valence-electron chi connectivity index (χ3n) is 2.30. The molecule has 0 aromatic carbocycles. The number of amides is 1. The van der Waals surface area contributed by atoms with E-state index in [1.165, 1.54) is 0 Å². The van der Waals surface area contributed by atoms with Gasteiger partial charge in [-0.1, -0.05) is 11.8 Å². The summed E-state index contributed by atoms with van der Waals surface area (Å²) in [6.07, 6.45) is 0. The molecule has 0 saturated carbocycles. The molecule has 0 radical (unpaired) electrons. The molecule has 0 aliphatic carbocycles. The number of hydrogen-bond acceptors (Lipinski definition) is 4. The first-order valence-corrected chi connectivity index (χ1v) is 6.46. The van der Waals surface area contributed by atoms with Gasteiger partial charge in [-0.3, -0.25) is 9.69 Å². The van der Waals surface area contributed by atoms with Crippen LogP contribution in [-0.4, -0.2) is 55.1 Å². The predicted molar refractivity (Wildman–Crippen MR) is 73.3 cm³/mol. The van der Waals surface area contributed by atoms with Gasteiger partial charge in [0.05, 0.1) is 6.54 Å². The van der Waals surface area contributed by atoms with Gasteiger partial charge in [0.25, 0.3) is 0 Å². The van der Waals surface area contributed by atoms with Crippen LogP contribution in [0.4, 0.5) is 0 Å². The van der Waals surface area contributed by atoms with E-state index in [4.69, 9.17) is 5.11 Å². The van der Waals surface area contributed by atoms with Crippen LogP contribution in [0.15, 0.2) is 11.4 Å². The van der Waals surface area contributed by atoms with Crippen LogP contribution < -0.4 is 0 Å². The summed E-state index contributed by atoms with van der Waals surface area (Å²) in [6.45, 7) is 1.01. The fourth-order valence-electron chi connectivity index (χ4n) is 1.36. The normalized spacial score (nSPS) is 10.1. The fourth-order valence-corrected chi connectivity index (χ4v) is 2.26. The number of carbonyl (C=O) groups is 1. The molecule has 0 aliphatic heterocycles. The molecule has 0 atom stereocenters. The highest BCUT2D eigenvalue weighted by molar-refractivity contribution is 7.10. The third kappa shape index (κ3) is 4.88. The first-order valence-electron chi connectivity index (χ1n) is 5.58. The molecule has 4 nitrogen and oxygen atoms in total. The van der Waals surface area contributed by atoms with Crippen molar-refractivity contribution in [2.75, 3.05) is 34.3 Å². The number of likely N-dealkylation sites (N-methyl/N-ethyl adjacent to an activating group) is 2. The summed E-state index contributed by atoms with van der Waals surface area (Å²) in [6, 6.07) is 1.99. The van der Waals surface area contributed by atoms with Crippen LogP contribution in [0, 0.1) is 11.8 Å². The lowest BCUT2D eigenvalue weighted by Gasteiger charge is -2.17. The lowest BCUT2D eigenvalue weighted by atomic mass is 10.3. The van der Waals surface area contributed by atoms with Crippen molar-refractivity contribution in [3.63, 3.8) is 0 Å². The van der Waals surface area contributed by atoms with Crippen LogP contribution in [0.5, 0.6) is 0 Å². The number of thiophene rings is 1. The Morgan fingerprint density at radius 3 is 2.78 bits per heavy atom. The minimum atomic E-state index is -0.123. The van der Waals surface area contributed by atoms with E-state index in [0.29, 0.717) is 6.54 Å². The molecule has 0 saturated heterocycles. The lowest BCUT2D eigenvalue weighted by Crippen LogP contribution is -2.33. The number of hydrogen-bond donors (Lipinski definition) is 1. The van der Waals surface area contributed by atoms with Gasteiger partial charge in [-0.25, -0.2) is 0 Å². The summed E-state index contributed by atoms with van der Waals surface area (Å²) in [5.41, 5.74) is 0.913. The molecule has 0 bridgehead atoms. The molecule has 0 aliphatic rings. The number of rotatable bonds is 4. The molecule has 1 heterocycles. The quantitative estimate of drug-likeness (QED) is 0.812. The first kappa shape index (κ1) is 14.7. The molecular weight excluding hydrogens is 248 g/mol. The van der Waals surface area contributed by atoms with Crippen LogP contribution in [-0.2, 0) is 11.3 Å². The van der Waals surface area contributed by atoms with E-state index in [1.54, 1.807) is 30.3 Å². The highest BCUT2D eigenvalue weighted by atomic mass is 32.1. The van der Waals surface area contributed by atoms with Crippen molar-refractivity contribution in [3.8, 4) is 11.8 Å². The molecule has 98 valence electrons. The zero-order valence-electron chi connectivity index (χ0n) is 10.9.